The summed E-state index contributed by atoms with van der Waals surface area (Å²) in [4.78, 5) is 10.8. The summed E-state index contributed by atoms with van der Waals surface area (Å²) in [5.74, 6) is 4.02. The summed E-state index contributed by atoms with van der Waals surface area (Å²) in [5.41, 5.74) is 0.962. The van der Waals surface area contributed by atoms with Crippen LogP contribution in [0.1, 0.15) is 20.8 Å². The summed E-state index contributed by atoms with van der Waals surface area (Å²) in [6.45, 7) is 4.74. The molecule has 0 radical (unpaired) electrons. The van der Waals surface area contributed by atoms with Crippen LogP contribution in [-0.4, -0.2) is 16.6 Å². The summed E-state index contributed by atoms with van der Waals surface area (Å²) in [7, 11) is 0. The van der Waals surface area contributed by atoms with Gasteiger partial charge in [0.05, 0.1) is 11.5 Å². The lowest BCUT2D eigenvalue weighted by Crippen LogP contribution is -2.44. The molecule has 0 saturated heterocycles. The number of nitrogens with one attached hydrogen (secondary N) is 1. The van der Waals surface area contributed by atoms with Crippen molar-refractivity contribution in [2.75, 3.05) is 0 Å². The van der Waals surface area contributed by atoms with Crippen molar-refractivity contribution >= 4 is 5.91 Å². The number of hydrazine groups is 1. The molecule has 0 bridgehead atoms. The van der Waals surface area contributed by atoms with Crippen molar-refractivity contribution in [2.45, 2.75) is 26.4 Å². The predicted molar refractivity (Wildman–Crippen MR) is 37.8 cm³/mol. The first-order valence-corrected chi connectivity index (χ1v) is 3.12. The molecule has 0 aromatic carbocycles. The minimum absolute atomic E-state index is 0.354. The van der Waals surface area contributed by atoms with Crippen LogP contribution >= 0.6 is 0 Å². The zero-order valence-electron chi connectivity index (χ0n) is 6.51. The number of nitrogens with two attached hydrogens (primary N) is 1. The average molecular weight is 146 g/mol. The van der Waals surface area contributed by atoms with Gasteiger partial charge in [0, 0.05) is 0 Å². The molecular formula is C6H14N2O2. The Morgan fingerprint density at radius 3 is 2.20 bits per heavy atom. The van der Waals surface area contributed by atoms with Gasteiger partial charge in [-0.2, -0.15) is 0 Å². The van der Waals surface area contributed by atoms with Gasteiger partial charge >= 0.3 is 0 Å². The molecule has 1 atom stereocenters. The number of carbonyl (C=O) groups is 1. The van der Waals surface area contributed by atoms with E-state index in [1.807, 2.05) is 5.43 Å². The molecule has 60 valence electrons. The number of hydrogen-bond donors (Lipinski definition) is 3. The minimum atomic E-state index is -1.01. The molecule has 4 N–H and O–H groups in total. The maximum absolute atomic E-state index is 10.8. The molecule has 0 fully saturated rings. The molecule has 0 unspecified atom stereocenters. The highest BCUT2D eigenvalue weighted by Gasteiger charge is 2.27. The van der Waals surface area contributed by atoms with E-state index in [1.54, 1.807) is 20.8 Å². The van der Waals surface area contributed by atoms with E-state index in [0.29, 0.717) is 0 Å². The van der Waals surface area contributed by atoms with Crippen molar-refractivity contribution < 1.29 is 9.90 Å². The van der Waals surface area contributed by atoms with E-state index in [2.05, 4.69) is 0 Å². The molecule has 0 heterocycles. The van der Waals surface area contributed by atoms with Gasteiger partial charge in [0.1, 0.15) is 0 Å². The van der Waals surface area contributed by atoms with Crippen molar-refractivity contribution in [1.82, 2.24) is 5.43 Å². The van der Waals surface area contributed by atoms with Crippen LogP contribution in [0.5, 0.6) is 0 Å². The van der Waals surface area contributed by atoms with Crippen LogP contribution in [0.25, 0.3) is 0 Å². The Morgan fingerprint density at radius 1 is 1.70 bits per heavy atom. The van der Waals surface area contributed by atoms with E-state index in [0.717, 1.165) is 0 Å². The lowest BCUT2D eigenvalue weighted by Gasteiger charge is -2.23. The first kappa shape index (κ1) is 9.39. The van der Waals surface area contributed by atoms with Gasteiger partial charge in [-0.3, -0.25) is 10.2 Å². The van der Waals surface area contributed by atoms with E-state index in [-0.39, 0.29) is 5.91 Å². The summed E-state index contributed by atoms with van der Waals surface area (Å²) in [5, 5.41) is 9.27. The second-order valence-corrected chi connectivity index (χ2v) is 2.88. The van der Waals surface area contributed by atoms with Gasteiger partial charge in [-0.15, -0.1) is 0 Å². The van der Waals surface area contributed by atoms with Crippen LogP contribution < -0.4 is 11.3 Å². The van der Waals surface area contributed by atoms with E-state index in [9.17, 15) is 9.90 Å². The van der Waals surface area contributed by atoms with Crippen molar-refractivity contribution in [3.05, 3.63) is 0 Å². The zero-order chi connectivity index (χ0) is 8.36. The second-order valence-electron chi connectivity index (χ2n) is 2.88. The molecular weight excluding hydrogens is 132 g/mol. The number of hydrogen-bond acceptors (Lipinski definition) is 3. The molecule has 0 aliphatic rings. The Bertz CT molecular complexity index is 128. The van der Waals surface area contributed by atoms with Gasteiger partial charge < -0.3 is 5.11 Å². The largest absolute Gasteiger partial charge is 0.390 e. The third-order valence-electron chi connectivity index (χ3n) is 1.60. The van der Waals surface area contributed by atoms with Crippen LogP contribution in [0.4, 0.5) is 0 Å². The Labute approximate surface area is 60.4 Å². The topological polar surface area (TPSA) is 75.4 Å². The summed E-state index contributed by atoms with van der Waals surface area (Å²) < 4.78 is 0. The highest BCUT2D eigenvalue weighted by atomic mass is 16.3. The highest BCUT2D eigenvalue weighted by Crippen LogP contribution is 2.14. The smallest absolute Gasteiger partial charge is 0.239 e. The molecule has 1 amide bonds. The number of aliphatic hydroxyl groups is 1. The predicted octanol–water partition coefficient (Wildman–Crippen LogP) is -0.617. The molecule has 4 heteroatoms. The van der Waals surface area contributed by atoms with Crippen molar-refractivity contribution in [3.8, 4) is 0 Å². The average Bonchev–Trinajstić information content (AvgIpc) is 1.83. The molecule has 0 spiro atoms. The van der Waals surface area contributed by atoms with Crippen molar-refractivity contribution in [3.63, 3.8) is 0 Å². The number of rotatable bonds is 2. The normalized spacial score (nSPS) is 14.5. The molecule has 0 rings (SSSR count). The first-order valence-electron chi connectivity index (χ1n) is 3.12. The fourth-order valence-corrected chi connectivity index (χ4v) is 0.446. The molecule has 0 aromatic heterocycles. The first-order chi connectivity index (χ1) is 4.39. The Morgan fingerprint density at radius 2 is 2.10 bits per heavy atom. The lowest BCUT2D eigenvalue weighted by atomic mass is 9.92. The van der Waals surface area contributed by atoms with Crippen LogP contribution in [0.15, 0.2) is 0 Å². The van der Waals surface area contributed by atoms with Gasteiger partial charge in [0.25, 0.3) is 0 Å². The van der Waals surface area contributed by atoms with Crippen molar-refractivity contribution in [2.24, 2.45) is 11.8 Å². The lowest BCUT2D eigenvalue weighted by molar-refractivity contribution is -0.131. The number of amides is 1. The van der Waals surface area contributed by atoms with Crippen molar-refractivity contribution in [1.29, 1.82) is 0 Å². The van der Waals surface area contributed by atoms with Crippen LogP contribution in [-0.2, 0) is 4.79 Å². The van der Waals surface area contributed by atoms with E-state index in [1.165, 1.54) is 0 Å². The van der Waals surface area contributed by atoms with E-state index >= 15 is 0 Å². The Kier molecular flexibility index (Phi) is 2.80. The third-order valence-corrected chi connectivity index (χ3v) is 1.60. The van der Waals surface area contributed by atoms with Gasteiger partial charge in [-0.25, -0.2) is 5.84 Å². The maximum atomic E-state index is 10.8. The van der Waals surface area contributed by atoms with Gasteiger partial charge in [0.2, 0.25) is 5.91 Å². The minimum Gasteiger partial charge on any atom is -0.390 e. The van der Waals surface area contributed by atoms with Gasteiger partial charge in [0.15, 0.2) is 0 Å². The molecule has 4 nitrogen and oxygen atoms in total. The standard InChI is InChI=1S/C6H14N2O2/c1-4(5(9)8-7)6(2,3)10/h4,10H,7H2,1-3H3,(H,8,9)/t4-/m0/s1. The van der Waals surface area contributed by atoms with Crippen LogP contribution in [0, 0.1) is 5.92 Å². The third kappa shape index (κ3) is 2.33. The zero-order valence-corrected chi connectivity index (χ0v) is 6.51. The van der Waals surface area contributed by atoms with Crippen LogP contribution in [0.3, 0.4) is 0 Å². The molecule has 10 heavy (non-hydrogen) atoms. The SMILES string of the molecule is C[C@@H](C(=O)NN)C(C)(C)O. The van der Waals surface area contributed by atoms with E-state index < -0.39 is 11.5 Å². The maximum Gasteiger partial charge on any atom is 0.239 e. The monoisotopic (exact) mass is 146 g/mol. The summed E-state index contributed by atoms with van der Waals surface area (Å²) >= 11 is 0. The fourth-order valence-electron chi connectivity index (χ4n) is 0.446. The quantitative estimate of drug-likeness (QED) is 0.276. The highest BCUT2D eigenvalue weighted by molar-refractivity contribution is 5.78. The molecule has 0 aromatic rings. The molecule has 0 aliphatic heterocycles. The van der Waals surface area contributed by atoms with E-state index in [4.69, 9.17) is 5.84 Å². The second kappa shape index (κ2) is 2.98. The Balaban J connectivity index is 4.08. The fraction of sp³-hybridized carbons (Fsp3) is 0.833. The molecule has 0 aliphatic carbocycles. The summed E-state index contributed by atoms with van der Waals surface area (Å²) in [6.07, 6.45) is 0. The Hall–Kier alpha value is -0.610. The van der Waals surface area contributed by atoms with Gasteiger partial charge in [-0.05, 0) is 13.8 Å². The van der Waals surface area contributed by atoms with Crippen LogP contribution in [0.2, 0.25) is 0 Å². The van der Waals surface area contributed by atoms with Gasteiger partial charge in [-0.1, -0.05) is 6.92 Å². The summed E-state index contributed by atoms with van der Waals surface area (Å²) in [6, 6.07) is 0. The molecule has 0 saturated carbocycles. The number of carbonyl (C=O) groups excluding carboxylic acids is 1.